The summed E-state index contributed by atoms with van der Waals surface area (Å²) in [5, 5.41) is 11.5. The van der Waals surface area contributed by atoms with Crippen molar-refractivity contribution < 1.29 is 4.79 Å². The van der Waals surface area contributed by atoms with Gasteiger partial charge in [0.25, 0.3) is 5.56 Å². The largest absolute Gasteiger partial charge is 0.325 e. The molecule has 0 bridgehead atoms. The van der Waals surface area contributed by atoms with Crippen molar-refractivity contribution in [2.24, 2.45) is 7.05 Å². The van der Waals surface area contributed by atoms with Gasteiger partial charge in [-0.3, -0.25) is 14.3 Å². The number of carbonyl (C=O) groups is 1. The number of rotatable bonds is 4. The number of benzene rings is 1. The fourth-order valence-electron chi connectivity index (χ4n) is 2.97. The van der Waals surface area contributed by atoms with Gasteiger partial charge in [-0.05, 0) is 26.0 Å². The lowest BCUT2D eigenvalue weighted by Crippen LogP contribution is -2.25. The molecule has 1 N–H and O–H groups in total. The highest BCUT2D eigenvalue weighted by Gasteiger charge is 2.18. The van der Waals surface area contributed by atoms with E-state index < -0.39 is 0 Å². The van der Waals surface area contributed by atoms with E-state index in [0.717, 1.165) is 10.1 Å². The van der Waals surface area contributed by atoms with Gasteiger partial charge in [0, 0.05) is 24.5 Å². The molecule has 0 aliphatic carbocycles. The van der Waals surface area contributed by atoms with Gasteiger partial charge in [-0.15, -0.1) is 5.10 Å². The number of nitrogens with one attached hydrogen (secondary N) is 1. The highest BCUT2D eigenvalue weighted by Crippen LogP contribution is 2.24. The molecule has 0 saturated carbocycles. The molecule has 148 valence electrons. The summed E-state index contributed by atoms with van der Waals surface area (Å²) in [7, 11) is 1.69. The van der Waals surface area contributed by atoms with E-state index in [1.54, 1.807) is 18.5 Å². The SMILES string of the molecule is Cc1ccc(NC(=O)Cn2c(C)cc(=O)n3nc(-c4cnn(C)c4Cl)nc23)cc1. The number of aryl methyl sites for hydroxylation is 3. The van der Waals surface area contributed by atoms with Crippen molar-refractivity contribution >= 4 is 29.0 Å². The first-order valence-corrected chi connectivity index (χ1v) is 9.23. The van der Waals surface area contributed by atoms with Gasteiger partial charge in [0.1, 0.15) is 11.7 Å². The molecule has 0 fully saturated rings. The summed E-state index contributed by atoms with van der Waals surface area (Å²) in [6.07, 6.45) is 1.53. The van der Waals surface area contributed by atoms with Crippen molar-refractivity contribution in [3.05, 3.63) is 63.3 Å². The van der Waals surface area contributed by atoms with E-state index in [1.807, 2.05) is 31.2 Å². The van der Waals surface area contributed by atoms with Gasteiger partial charge in [-0.2, -0.15) is 14.6 Å². The Balaban J connectivity index is 1.72. The van der Waals surface area contributed by atoms with Gasteiger partial charge in [0.15, 0.2) is 5.82 Å². The average Bonchev–Trinajstić information content (AvgIpc) is 3.25. The first-order valence-electron chi connectivity index (χ1n) is 8.85. The molecule has 1 amide bonds. The average molecular weight is 412 g/mol. The van der Waals surface area contributed by atoms with Gasteiger partial charge in [-0.25, -0.2) is 0 Å². The molecule has 29 heavy (non-hydrogen) atoms. The topological polar surface area (TPSA) is 99.1 Å². The van der Waals surface area contributed by atoms with Crippen molar-refractivity contribution in [2.45, 2.75) is 20.4 Å². The number of anilines is 1. The van der Waals surface area contributed by atoms with E-state index in [1.165, 1.54) is 16.9 Å². The predicted molar refractivity (Wildman–Crippen MR) is 109 cm³/mol. The zero-order valence-electron chi connectivity index (χ0n) is 16.0. The first kappa shape index (κ1) is 18.9. The second-order valence-corrected chi connectivity index (χ2v) is 7.10. The molecule has 0 radical (unpaired) electrons. The number of carbonyl (C=O) groups excluding carboxylic acids is 1. The molecular formula is C19H18ClN7O2. The molecule has 4 aromatic rings. The van der Waals surface area contributed by atoms with Gasteiger partial charge in [0.2, 0.25) is 11.7 Å². The highest BCUT2D eigenvalue weighted by molar-refractivity contribution is 6.32. The fraction of sp³-hybridized carbons (Fsp3) is 0.211. The molecular weight excluding hydrogens is 394 g/mol. The number of hydrogen-bond donors (Lipinski definition) is 1. The van der Waals surface area contributed by atoms with E-state index in [9.17, 15) is 9.59 Å². The van der Waals surface area contributed by atoms with Crippen molar-refractivity contribution in [3.8, 4) is 11.4 Å². The number of fused-ring (bicyclic) bond motifs is 1. The van der Waals surface area contributed by atoms with Crippen LogP contribution in [0.5, 0.6) is 0 Å². The molecule has 0 unspecified atom stereocenters. The van der Waals surface area contributed by atoms with E-state index in [4.69, 9.17) is 11.6 Å². The van der Waals surface area contributed by atoms with Gasteiger partial charge in [-0.1, -0.05) is 29.3 Å². The number of amides is 1. The summed E-state index contributed by atoms with van der Waals surface area (Å²) >= 11 is 6.23. The van der Waals surface area contributed by atoms with Crippen LogP contribution in [0.1, 0.15) is 11.3 Å². The van der Waals surface area contributed by atoms with Gasteiger partial charge >= 0.3 is 0 Å². The summed E-state index contributed by atoms with van der Waals surface area (Å²) in [5.41, 5.74) is 2.56. The van der Waals surface area contributed by atoms with Crippen molar-refractivity contribution in [1.29, 1.82) is 0 Å². The number of halogens is 1. The smallest absolute Gasteiger partial charge is 0.275 e. The third kappa shape index (κ3) is 3.52. The zero-order valence-corrected chi connectivity index (χ0v) is 16.8. The minimum Gasteiger partial charge on any atom is -0.325 e. The second-order valence-electron chi connectivity index (χ2n) is 6.74. The van der Waals surface area contributed by atoms with E-state index in [2.05, 4.69) is 20.5 Å². The maximum Gasteiger partial charge on any atom is 0.275 e. The van der Waals surface area contributed by atoms with Crippen LogP contribution in [0.3, 0.4) is 0 Å². The Kier molecular flexibility index (Phi) is 4.67. The fourth-order valence-corrected chi connectivity index (χ4v) is 3.14. The lowest BCUT2D eigenvalue weighted by Gasteiger charge is -2.11. The molecule has 3 heterocycles. The van der Waals surface area contributed by atoms with Crippen molar-refractivity contribution in [2.75, 3.05) is 5.32 Å². The Hall–Kier alpha value is -3.46. The van der Waals surface area contributed by atoms with Crippen LogP contribution >= 0.6 is 11.6 Å². The van der Waals surface area contributed by atoms with Crippen LogP contribution in [0.4, 0.5) is 5.69 Å². The normalized spacial score (nSPS) is 11.2. The third-order valence-corrected chi connectivity index (χ3v) is 4.99. The molecule has 0 spiro atoms. The van der Waals surface area contributed by atoms with Gasteiger partial charge < -0.3 is 9.88 Å². The van der Waals surface area contributed by atoms with Crippen molar-refractivity contribution in [3.63, 3.8) is 0 Å². The van der Waals surface area contributed by atoms with Crippen molar-refractivity contribution in [1.82, 2.24) is 28.9 Å². The molecule has 4 rings (SSSR count). The maximum atomic E-state index is 12.6. The van der Waals surface area contributed by atoms with Crippen LogP contribution in [-0.2, 0) is 18.4 Å². The summed E-state index contributed by atoms with van der Waals surface area (Å²) in [4.78, 5) is 29.4. The summed E-state index contributed by atoms with van der Waals surface area (Å²) < 4.78 is 4.27. The summed E-state index contributed by atoms with van der Waals surface area (Å²) in [6, 6.07) is 8.92. The zero-order chi connectivity index (χ0) is 20.7. The second kappa shape index (κ2) is 7.17. The molecule has 0 aliphatic heterocycles. The van der Waals surface area contributed by atoms with E-state index in [-0.39, 0.29) is 29.6 Å². The monoisotopic (exact) mass is 411 g/mol. The lowest BCUT2D eigenvalue weighted by molar-refractivity contribution is -0.116. The van der Waals surface area contributed by atoms with Crippen LogP contribution in [-0.4, -0.2) is 34.9 Å². The Labute approximate surface area is 170 Å². The Morgan fingerprint density at radius 1 is 1.21 bits per heavy atom. The van der Waals surface area contributed by atoms with E-state index in [0.29, 0.717) is 22.1 Å². The molecule has 0 atom stereocenters. The Morgan fingerprint density at radius 2 is 1.93 bits per heavy atom. The molecule has 1 aromatic carbocycles. The van der Waals surface area contributed by atoms with Gasteiger partial charge in [0.05, 0.1) is 11.8 Å². The summed E-state index contributed by atoms with van der Waals surface area (Å²) in [6.45, 7) is 3.69. The van der Waals surface area contributed by atoms with Crippen LogP contribution < -0.4 is 10.9 Å². The first-order chi connectivity index (χ1) is 13.8. The van der Waals surface area contributed by atoms with E-state index >= 15 is 0 Å². The standard InChI is InChI=1S/C19H18ClN7O2/c1-11-4-6-13(7-5-11)22-15(28)10-26-12(2)8-16(29)27-19(26)23-18(24-27)14-9-21-25(3)17(14)20/h4-9H,10H2,1-3H3,(H,22,28). The Bertz CT molecular complexity index is 1280. The number of nitrogens with zero attached hydrogens (tertiary/aromatic N) is 6. The number of hydrogen-bond acceptors (Lipinski definition) is 5. The number of aromatic nitrogens is 6. The highest BCUT2D eigenvalue weighted by atomic mass is 35.5. The minimum absolute atomic E-state index is 0.0254. The molecule has 9 nitrogen and oxygen atoms in total. The molecule has 0 aliphatic rings. The van der Waals surface area contributed by atoms with Crippen LogP contribution in [0, 0.1) is 13.8 Å². The minimum atomic E-state index is -0.341. The molecule has 3 aromatic heterocycles. The predicted octanol–water partition coefficient (Wildman–Crippen LogP) is 2.20. The maximum absolute atomic E-state index is 12.6. The quantitative estimate of drug-likeness (QED) is 0.555. The summed E-state index contributed by atoms with van der Waals surface area (Å²) in [5.74, 6) is 0.272. The molecule has 0 saturated heterocycles. The van der Waals surface area contributed by atoms with Crippen LogP contribution in [0.15, 0.2) is 41.3 Å². The third-order valence-electron chi connectivity index (χ3n) is 4.54. The lowest BCUT2D eigenvalue weighted by atomic mass is 10.2. The van der Waals surface area contributed by atoms with Crippen LogP contribution in [0.2, 0.25) is 5.15 Å². The Morgan fingerprint density at radius 3 is 2.59 bits per heavy atom. The molecule has 10 heteroatoms. The van der Waals surface area contributed by atoms with Crippen LogP contribution in [0.25, 0.3) is 17.2 Å².